The quantitative estimate of drug-likeness (QED) is 0.797. The van der Waals surface area contributed by atoms with E-state index in [4.69, 9.17) is 0 Å². The van der Waals surface area contributed by atoms with E-state index in [9.17, 15) is 9.59 Å². The number of carbonyl (C=O) groups is 2. The lowest BCUT2D eigenvalue weighted by atomic mass is 9.90. The Kier molecular flexibility index (Phi) is 6.11. The zero-order chi connectivity index (χ0) is 17.6. The number of rotatable bonds is 6. The highest BCUT2D eigenvalue weighted by molar-refractivity contribution is 5.80. The van der Waals surface area contributed by atoms with Gasteiger partial charge in [-0.2, -0.15) is 0 Å². The Hall–Kier alpha value is -1.84. The van der Waals surface area contributed by atoms with Crippen molar-refractivity contribution in [2.45, 2.75) is 51.9 Å². The van der Waals surface area contributed by atoms with Gasteiger partial charge in [0.25, 0.3) is 0 Å². The largest absolute Gasteiger partial charge is 0.342 e. The molecule has 0 radical (unpaired) electrons. The second kappa shape index (κ2) is 8.50. The van der Waals surface area contributed by atoms with E-state index in [1.165, 1.54) is 17.5 Å². The van der Waals surface area contributed by atoms with Gasteiger partial charge in [0.15, 0.2) is 0 Å². The number of hydrogen-bond donors (Lipinski definition) is 0. The first kappa shape index (κ1) is 18.0. The topological polar surface area (TPSA) is 40.6 Å². The van der Waals surface area contributed by atoms with Crippen LogP contribution in [0, 0.1) is 12.8 Å². The summed E-state index contributed by atoms with van der Waals surface area (Å²) in [7, 11) is 0. The lowest BCUT2D eigenvalue weighted by molar-refractivity contribution is -0.134. The van der Waals surface area contributed by atoms with Gasteiger partial charge in [-0.25, -0.2) is 0 Å². The highest BCUT2D eigenvalue weighted by atomic mass is 16.2. The third kappa shape index (κ3) is 4.83. The summed E-state index contributed by atoms with van der Waals surface area (Å²) in [5, 5.41) is 0. The van der Waals surface area contributed by atoms with Crippen LogP contribution in [-0.4, -0.2) is 47.8 Å². The zero-order valence-corrected chi connectivity index (χ0v) is 15.4. The monoisotopic (exact) mass is 342 g/mol. The van der Waals surface area contributed by atoms with Gasteiger partial charge < -0.3 is 9.80 Å². The minimum absolute atomic E-state index is 0.211. The lowest BCUT2D eigenvalue weighted by Gasteiger charge is -2.33. The molecule has 25 heavy (non-hydrogen) atoms. The average molecular weight is 342 g/mol. The van der Waals surface area contributed by atoms with E-state index < -0.39 is 0 Å². The normalized spacial score (nSPS) is 21.0. The van der Waals surface area contributed by atoms with Gasteiger partial charge in [0.05, 0.1) is 0 Å². The molecule has 2 fully saturated rings. The molecule has 2 amide bonds. The van der Waals surface area contributed by atoms with Crippen LogP contribution in [0.2, 0.25) is 0 Å². The summed E-state index contributed by atoms with van der Waals surface area (Å²) in [5.74, 6) is 1.04. The molecule has 2 aliphatic rings. The molecule has 3 rings (SSSR count). The predicted octanol–water partition coefficient (Wildman–Crippen LogP) is 3.18. The van der Waals surface area contributed by atoms with Gasteiger partial charge in [-0.05, 0) is 56.1 Å². The fourth-order valence-electron chi connectivity index (χ4n) is 4.11. The molecule has 4 nitrogen and oxygen atoms in total. The van der Waals surface area contributed by atoms with Crippen molar-refractivity contribution in [3.63, 3.8) is 0 Å². The van der Waals surface area contributed by atoms with E-state index in [0.29, 0.717) is 25.3 Å². The van der Waals surface area contributed by atoms with Crippen molar-refractivity contribution in [1.82, 2.24) is 9.80 Å². The first-order chi connectivity index (χ1) is 12.1. The van der Waals surface area contributed by atoms with E-state index in [0.717, 1.165) is 45.3 Å². The number of hydrogen-bond acceptors (Lipinski definition) is 2. The molecule has 2 heterocycles. The van der Waals surface area contributed by atoms with Crippen LogP contribution in [0.25, 0.3) is 0 Å². The van der Waals surface area contributed by atoms with Gasteiger partial charge in [0, 0.05) is 39.0 Å². The summed E-state index contributed by atoms with van der Waals surface area (Å²) >= 11 is 0. The molecule has 0 bridgehead atoms. The van der Waals surface area contributed by atoms with Crippen LogP contribution < -0.4 is 0 Å². The van der Waals surface area contributed by atoms with Crippen molar-refractivity contribution < 1.29 is 9.59 Å². The van der Waals surface area contributed by atoms with Crippen molar-refractivity contribution in [3.05, 3.63) is 35.4 Å². The summed E-state index contributed by atoms with van der Waals surface area (Å²) in [4.78, 5) is 28.1. The molecule has 4 heteroatoms. The Morgan fingerprint density at radius 1 is 1.20 bits per heavy atom. The van der Waals surface area contributed by atoms with Crippen LogP contribution in [0.4, 0.5) is 0 Å². The number of nitrogens with zero attached hydrogens (tertiary/aromatic N) is 2. The molecule has 1 aromatic carbocycles. The molecule has 2 aliphatic heterocycles. The molecule has 1 atom stereocenters. The maximum atomic E-state index is 12.5. The number of aryl methyl sites for hydroxylation is 2. The summed E-state index contributed by atoms with van der Waals surface area (Å²) < 4.78 is 0. The number of amides is 2. The van der Waals surface area contributed by atoms with E-state index in [-0.39, 0.29) is 11.8 Å². The summed E-state index contributed by atoms with van der Waals surface area (Å²) in [6, 6.07) is 8.59. The van der Waals surface area contributed by atoms with Crippen LogP contribution in [-0.2, 0) is 16.0 Å². The van der Waals surface area contributed by atoms with E-state index >= 15 is 0 Å². The van der Waals surface area contributed by atoms with E-state index in [1.54, 1.807) is 0 Å². The molecule has 0 spiro atoms. The minimum Gasteiger partial charge on any atom is -0.342 e. The van der Waals surface area contributed by atoms with Crippen molar-refractivity contribution in [1.29, 1.82) is 0 Å². The maximum absolute atomic E-state index is 12.5. The highest BCUT2D eigenvalue weighted by Crippen LogP contribution is 2.23. The van der Waals surface area contributed by atoms with Crippen LogP contribution in [0.15, 0.2) is 24.3 Å². The van der Waals surface area contributed by atoms with E-state index in [1.807, 2.05) is 9.80 Å². The van der Waals surface area contributed by atoms with Gasteiger partial charge in [0.1, 0.15) is 0 Å². The van der Waals surface area contributed by atoms with E-state index in [2.05, 4.69) is 31.2 Å². The highest BCUT2D eigenvalue weighted by Gasteiger charge is 2.25. The Morgan fingerprint density at radius 3 is 2.80 bits per heavy atom. The van der Waals surface area contributed by atoms with Gasteiger partial charge in [0.2, 0.25) is 11.8 Å². The lowest BCUT2D eigenvalue weighted by Crippen LogP contribution is -2.41. The fraction of sp³-hybridized carbons (Fsp3) is 0.619. The number of carbonyl (C=O) groups excluding carboxylic acids is 2. The van der Waals surface area contributed by atoms with Gasteiger partial charge in [-0.15, -0.1) is 0 Å². The molecule has 1 aromatic rings. The Bertz CT molecular complexity index is 614. The fourth-order valence-corrected chi connectivity index (χ4v) is 4.11. The molecule has 0 unspecified atom stereocenters. The SMILES string of the molecule is Cc1ccccc1CC[C@H]1CCCN(C(=O)CCN2CCCC2=O)C1. The second-order valence-corrected chi connectivity index (χ2v) is 7.55. The van der Waals surface area contributed by atoms with Gasteiger partial charge in [-0.3, -0.25) is 9.59 Å². The van der Waals surface area contributed by atoms with Crippen molar-refractivity contribution in [3.8, 4) is 0 Å². The average Bonchev–Trinajstić information content (AvgIpc) is 3.04. The minimum atomic E-state index is 0.211. The molecule has 0 aromatic heterocycles. The van der Waals surface area contributed by atoms with Gasteiger partial charge >= 0.3 is 0 Å². The maximum Gasteiger partial charge on any atom is 0.224 e. The predicted molar refractivity (Wildman–Crippen MR) is 99.2 cm³/mol. The third-order valence-electron chi connectivity index (χ3n) is 5.72. The Balaban J connectivity index is 1.44. The van der Waals surface area contributed by atoms with Gasteiger partial charge in [-0.1, -0.05) is 24.3 Å². The van der Waals surface area contributed by atoms with Crippen molar-refractivity contribution in [2.24, 2.45) is 5.92 Å². The molecule has 136 valence electrons. The molecule has 0 aliphatic carbocycles. The van der Waals surface area contributed by atoms with Crippen LogP contribution in [0.5, 0.6) is 0 Å². The van der Waals surface area contributed by atoms with Crippen LogP contribution in [0.1, 0.15) is 49.7 Å². The first-order valence-electron chi connectivity index (χ1n) is 9.73. The number of piperidine rings is 1. The molecule has 2 saturated heterocycles. The smallest absolute Gasteiger partial charge is 0.224 e. The van der Waals surface area contributed by atoms with Crippen molar-refractivity contribution >= 4 is 11.8 Å². The van der Waals surface area contributed by atoms with Crippen molar-refractivity contribution in [2.75, 3.05) is 26.2 Å². The zero-order valence-electron chi connectivity index (χ0n) is 15.4. The molecule has 0 N–H and O–H groups in total. The Labute approximate surface area is 151 Å². The first-order valence-corrected chi connectivity index (χ1v) is 9.73. The molecular formula is C21H30N2O2. The number of benzene rings is 1. The summed E-state index contributed by atoms with van der Waals surface area (Å²) in [6.45, 7) is 5.37. The summed E-state index contributed by atoms with van der Waals surface area (Å²) in [6.07, 6.45) is 6.65. The standard InChI is InChI=1S/C21H30N2O2/c1-17-6-2-3-8-19(17)11-10-18-7-4-14-23(16-18)21(25)12-15-22-13-5-9-20(22)24/h2-3,6,8,18H,4-5,7,9-16H2,1H3/t18-/m1/s1. The van der Waals surface area contributed by atoms with Crippen LogP contribution in [0.3, 0.4) is 0 Å². The third-order valence-corrected chi connectivity index (χ3v) is 5.72. The number of likely N-dealkylation sites (tertiary alicyclic amines) is 2. The molecular weight excluding hydrogens is 312 g/mol. The molecule has 0 saturated carbocycles. The second-order valence-electron chi connectivity index (χ2n) is 7.55. The Morgan fingerprint density at radius 2 is 2.04 bits per heavy atom. The summed E-state index contributed by atoms with van der Waals surface area (Å²) in [5.41, 5.74) is 2.79. The van der Waals surface area contributed by atoms with Crippen LogP contribution >= 0.6 is 0 Å².